The fourth-order valence-electron chi connectivity index (χ4n) is 1.87. The van der Waals surface area contributed by atoms with Gasteiger partial charge in [0.25, 0.3) is 0 Å². The second-order valence-electron chi connectivity index (χ2n) is 3.38. The molecule has 1 fully saturated rings. The van der Waals surface area contributed by atoms with Gasteiger partial charge in [-0.15, -0.1) is 0 Å². The molecule has 0 bridgehead atoms. The Morgan fingerprint density at radius 2 is 2.08 bits per heavy atom. The third-order valence-corrected chi connectivity index (χ3v) is 3.43. The Balaban J connectivity index is 2.46. The van der Waals surface area contributed by atoms with E-state index in [2.05, 4.69) is 22.0 Å². The summed E-state index contributed by atoms with van der Waals surface area (Å²) >= 11 is 3.52. The molecule has 12 heavy (non-hydrogen) atoms. The monoisotopic (exact) mass is 230 g/mol. The highest BCUT2D eigenvalue weighted by atomic mass is 79.9. The number of rotatable bonds is 3. The van der Waals surface area contributed by atoms with Crippen LogP contribution >= 0.6 is 15.9 Å². The predicted molar refractivity (Wildman–Crippen MR) is 54.4 cm³/mol. The first kappa shape index (κ1) is 9.97. The van der Waals surface area contributed by atoms with E-state index in [-0.39, 0.29) is 0 Å². The summed E-state index contributed by atoms with van der Waals surface area (Å²) in [5, 5.41) is 1.07. The van der Waals surface area contributed by atoms with Crippen LogP contribution in [0, 0.1) is 11.8 Å². The van der Waals surface area contributed by atoms with E-state index in [1.165, 1.54) is 25.7 Å². The van der Waals surface area contributed by atoms with Gasteiger partial charge < -0.3 is 0 Å². The minimum Gasteiger partial charge on any atom is -0.299 e. The molecule has 0 spiro atoms. The van der Waals surface area contributed by atoms with Gasteiger partial charge in [-0.2, -0.15) is 0 Å². The molecule has 0 aromatic rings. The van der Waals surface area contributed by atoms with Crippen molar-refractivity contribution in [2.24, 2.45) is 11.8 Å². The standard InChI is InChI=1S/C10H15BrO/c11-8-10-5-2-1-4-9(10)6-3-7-12/h3,6-7,9-10H,1-2,4-5,8H2/b6-3+. The molecule has 0 aromatic heterocycles. The van der Waals surface area contributed by atoms with Crippen LogP contribution in [0.3, 0.4) is 0 Å². The number of hydrogen-bond acceptors (Lipinski definition) is 1. The number of hydrogen-bond donors (Lipinski definition) is 0. The van der Waals surface area contributed by atoms with Gasteiger partial charge >= 0.3 is 0 Å². The predicted octanol–water partition coefficient (Wildman–Crippen LogP) is 2.94. The van der Waals surface area contributed by atoms with Crippen LogP contribution in [0.5, 0.6) is 0 Å². The maximum absolute atomic E-state index is 10.1. The first-order valence-corrected chi connectivity index (χ1v) is 5.68. The SMILES string of the molecule is O=C/C=C/C1CCCCC1CBr. The first-order valence-electron chi connectivity index (χ1n) is 4.56. The summed E-state index contributed by atoms with van der Waals surface area (Å²) in [4.78, 5) is 10.1. The molecule has 1 rings (SSSR count). The van der Waals surface area contributed by atoms with E-state index in [0.29, 0.717) is 5.92 Å². The summed E-state index contributed by atoms with van der Waals surface area (Å²) in [6.45, 7) is 0. The number of aldehydes is 1. The average molecular weight is 231 g/mol. The van der Waals surface area contributed by atoms with Gasteiger partial charge in [-0.05, 0) is 30.8 Å². The van der Waals surface area contributed by atoms with E-state index in [0.717, 1.165) is 17.5 Å². The topological polar surface area (TPSA) is 17.1 Å². The van der Waals surface area contributed by atoms with Crippen molar-refractivity contribution in [3.8, 4) is 0 Å². The maximum Gasteiger partial charge on any atom is 0.142 e. The Hall–Kier alpha value is -0.110. The highest BCUT2D eigenvalue weighted by Gasteiger charge is 2.21. The minimum atomic E-state index is 0.628. The van der Waals surface area contributed by atoms with Crippen molar-refractivity contribution >= 4 is 22.2 Å². The third-order valence-electron chi connectivity index (χ3n) is 2.60. The molecule has 1 aliphatic carbocycles. The van der Waals surface area contributed by atoms with E-state index in [1.54, 1.807) is 6.08 Å². The molecular weight excluding hydrogens is 216 g/mol. The molecule has 2 heteroatoms. The van der Waals surface area contributed by atoms with Gasteiger partial charge in [0.1, 0.15) is 6.29 Å². The lowest BCUT2D eigenvalue weighted by Gasteiger charge is -2.27. The lowest BCUT2D eigenvalue weighted by Crippen LogP contribution is -2.18. The van der Waals surface area contributed by atoms with Crippen molar-refractivity contribution in [3.63, 3.8) is 0 Å². The molecule has 0 radical (unpaired) electrons. The highest BCUT2D eigenvalue weighted by molar-refractivity contribution is 9.09. The molecule has 0 amide bonds. The number of allylic oxidation sites excluding steroid dienone is 2. The summed E-state index contributed by atoms with van der Waals surface area (Å²) in [5.41, 5.74) is 0. The van der Waals surface area contributed by atoms with Crippen LogP contribution in [0.4, 0.5) is 0 Å². The van der Waals surface area contributed by atoms with Crippen molar-refractivity contribution < 1.29 is 4.79 Å². The lowest BCUT2D eigenvalue weighted by atomic mass is 9.80. The van der Waals surface area contributed by atoms with E-state index >= 15 is 0 Å². The Kier molecular flexibility index (Phi) is 4.59. The molecule has 0 aliphatic heterocycles. The van der Waals surface area contributed by atoms with Crippen LogP contribution < -0.4 is 0 Å². The highest BCUT2D eigenvalue weighted by Crippen LogP contribution is 2.31. The van der Waals surface area contributed by atoms with Gasteiger partial charge in [0.15, 0.2) is 0 Å². The second-order valence-corrected chi connectivity index (χ2v) is 4.03. The van der Waals surface area contributed by atoms with Crippen LogP contribution in [0.15, 0.2) is 12.2 Å². The van der Waals surface area contributed by atoms with Crippen molar-refractivity contribution in [3.05, 3.63) is 12.2 Å². The number of halogens is 1. The Labute approximate surface area is 82.4 Å². The minimum absolute atomic E-state index is 0.628. The molecule has 1 aliphatic rings. The Bertz CT molecular complexity index is 165. The lowest BCUT2D eigenvalue weighted by molar-refractivity contribution is -0.104. The summed E-state index contributed by atoms with van der Waals surface area (Å²) < 4.78 is 0. The molecule has 0 heterocycles. The smallest absolute Gasteiger partial charge is 0.142 e. The average Bonchev–Trinajstić information content (AvgIpc) is 2.15. The van der Waals surface area contributed by atoms with Gasteiger partial charge in [0, 0.05) is 5.33 Å². The maximum atomic E-state index is 10.1. The van der Waals surface area contributed by atoms with Crippen molar-refractivity contribution in [2.45, 2.75) is 25.7 Å². The molecule has 0 N–H and O–H groups in total. The van der Waals surface area contributed by atoms with Gasteiger partial charge in [-0.25, -0.2) is 0 Å². The summed E-state index contributed by atoms with van der Waals surface area (Å²) in [6.07, 6.45) is 9.81. The molecule has 2 unspecified atom stereocenters. The number of carbonyl (C=O) groups excluding carboxylic acids is 1. The van der Waals surface area contributed by atoms with Gasteiger partial charge in [-0.3, -0.25) is 4.79 Å². The summed E-state index contributed by atoms with van der Waals surface area (Å²) in [7, 11) is 0. The van der Waals surface area contributed by atoms with E-state index in [4.69, 9.17) is 0 Å². The van der Waals surface area contributed by atoms with Gasteiger partial charge in [0.2, 0.25) is 0 Å². The van der Waals surface area contributed by atoms with E-state index in [1.807, 2.05) is 0 Å². The number of carbonyl (C=O) groups is 1. The van der Waals surface area contributed by atoms with Crippen molar-refractivity contribution in [2.75, 3.05) is 5.33 Å². The molecule has 1 nitrogen and oxygen atoms in total. The Morgan fingerprint density at radius 1 is 1.33 bits per heavy atom. The quantitative estimate of drug-likeness (QED) is 0.414. The van der Waals surface area contributed by atoms with Crippen molar-refractivity contribution in [1.29, 1.82) is 0 Å². The van der Waals surface area contributed by atoms with Crippen LogP contribution in [-0.2, 0) is 4.79 Å². The largest absolute Gasteiger partial charge is 0.299 e. The fourth-order valence-corrected chi connectivity index (χ4v) is 2.67. The molecule has 68 valence electrons. The van der Waals surface area contributed by atoms with Crippen LogP contribution in [0.25, 0.3) is 0 Å². The van der Waals surface area contributed by atoms with Gasteiger partial charge in [-0.1, -0.05) is 34.8 Å². The van der Waals surface area contributed by atoms with Crippen LogP contribution in [0.1, 0.15) is 25.7 Å². The zero-order valence-corrected chi connectivity index (χ0v) is 8.79. The van der Waals surface area contributed by atoms with E-state index in [9.17, 15) is 4.79 Å². The number of alkyl halides is 1. The second kappa shape index (κ2) is 5.52. The Morgan fingerprint density at radius 3 is 2.75 bits per heavy atom. The fraction of sp³-hybridized carbons (Fsp3) is 0.700. The molecule has 2 atom stereocenters. The zero-order valence-electron chi connectivity index (χ0n) is 7.21. The van der Waals surface area contributed by atoms with Crippen molar-refractivity contribution in [1.82, 2.24) is 0 Å². The molecular formula is C10H15BrO. The first-order chi connectivity index (χ1) is 5.88. The summed E-state index contributed by atoms with van der Waals surface area (Å²) in [6, 6.07) is 0. The molecule has 0 aromatic carbocycles. The van der Waals surface area contributed by atoms with Gasteiger partial charge in [0.05, 0.1) is 0 Å². The third kappa shape index (κ3) is 2.74. The normalized spacial score (nSPS) is 30.8. The van der Waals surface area contributed by atoms with Crippen LogP contribution in [-0.4, -0.2) is 11.6 Å². The summed E-state index contributed by atoms with van der Waals surface area (Å²) in [5.74, 6) is 1.37. The zero-order chi connectivity index (χ0) is 8.81. The molecule has 0 saturated heterocycles. The van der Waals surface area contributed by atoms with E-state index < -0.39 is 0 Å². The molecule has 1 saturated carbocycles. The van der Waals surface area contributed by atoms with Crippen LogP contribution in [0.2, 0.25) is 0 Å².